The zero-order valence-corrected chi connectivity index (χ0v) is 15.4. The van der Waals surface area contributed by atoms with Crippen molar-refractivity contribution in [3.63, 3.8) is 0 Å². The highest BCUT2D eigenvalue weighted by Gasteiger charge is 2.31. The normalized spacial score (nSPS) is 22.4. The summed E-state index contributed by atoms with van der Waals surface area (Å²) >= 11 is 6.33. The Labute approximate surface area is 160 Å². The van der Waals surface area contributed by atoms with E-state index in [-0.39, 0.29) is 17.7 Å². The maximum Gasteiger partial charge on any atom is 0.306 e. The van der Waals surface area contributed by atoms with Crippen molar-refractivity contribution in [3.05, 3.63) is 29.0 Å². The van der Waals surface area contributed by atoms with E-state index in [1.165, 1.54) is 0 Å². The number of anilines is 1. The quantitative estimate of drug-likeness (QED) is 0.813. The topological polar surface area (TPSA) is 110 Å². The molecule has 0 bridgehead atoms. The Morgan fingerprint density at radius 2 is 1.81 bits per heavy atom. The Morgan fingerprint density at radius 3 is 2.48 bits per heavy atom. The van der Waals surface area contributed by atoms with Gasteiger partial charge in [-0.2, -0.15) is 4.68 Å². The Bertz CT molecular complexity index is 872. The molecule has 0 unspecified atom stereocenters. The van der Waals surface area contributed by atoms with Crippen molar-refractivity contribution < 1.29 is 14.7 Å². The van der Waals surface area contributed by atoms with Gasteiger partial charge in [-0.3, -0.25) is 9.59 Å². The number of halogens is 1. The summed E-state index contributed by atoms with van der Waals surface area (Å²) in [5.74, 6) is -0.229. The van der Waals surface area contributed by atoms with Gasteiger partial charge in [-0.05, 0) is 67.2 Å². The van der Waals surface area contributed by atoms with Gasteiger partial charge in [-0.1, -0.05) is 11.6 Å². The Balaban J connectivity index is 1.48. The highest BCUT2D eigenvalue weighted by molar-refractivity contribution is 6.32. The Kier molecular flexibility index (Phi) is 4.82. The second kappa shape index (κ2) is 7.26. The molecule has 0 saturated heterocycles. The molecule has 0 radical (unpaired) electrons. The third-order valence-corrected chi connectivity index (χ3v) is 5.64. The number of rotatable bonds is 5. The van der Waals surface area contributed by atoms with Crippen molar-refractivity contribution in [1.29, 1.82) is 0 Å². The van der Waals surface area contributed by atoms with Gasteiger partial charge in [0.15, 0.2) is 5.82 Å². The van der Waals surface area contributed by atoms with Crippen LogP contribution in [0.2, 0.25) is 5.02 Å². The minimum absolute atomic E-state index is 0.0914. The monoisotopic (exact) mass is 389 g/mol. The molecule has 0 atom stereocenters. The molecule has 2 aliphatic rings. The molecule has 2 saturated carbocycles. The SMILES string of the molecule is O=C(O)C1CCC(C(=O)Nc2ccc(Cl)c(-n3nnnc3C3CC3)c2)CC1. The molecule has 0 aliphatic heterocycles. The number of carbonyl (C=O) groups is 2. The van der Waals surface area contributed by atoms with Crippen molar-refractivity contribution in [2.24, 2.45) is 11.8 Å². The largest absolute Gasteiger partial charge is 0.481 e. The standard InChI is InChI=1S/C18H20ClN5O3/c19-14-8-7-13(9-15(14)24-16(10-1-2-10)21-22-23-24)20-17(25)11-3-5-12(6-4-11)18(26)27/h7-12H,1-6H2,(H,20,25)(H,26,27). The van der Waals surface area contributed by atoms with Gasteiger partial charge in [0, 0.05) is 17.5 Å². The molecule has 2 aromatic rings. The van der Waals surface area contributed by atoms with E-state index in [0.29, 0.717) is 48.0 Å². The molecule has 2 fully saturated rings. The van der Waals surface area contributed by atoms with E-state index in [2.05, 4.69) is 20.8 Å². The number of carboxylic acid groups (broad SMARTS) is 1. The molecule has 1 aromatic carbocycles. The molecule has 142 valence electrons. The van der Waals surface area contributed by atoms with Crippen LogP contribution in [-0.4, -0.2) is 37.2 Å². The fraction of sp³-hybridized carbons (Fsp3) is 0.500. The van der Waals surface area contributed by atoms with E-state index in [1.54, 1.807) is 22.9 Å². The van der Waals surface area contributed by atoms with Crippen LogP contribution in [0.15, 0.2) is 18.2 Å². The van der Waals surface area contributed by atoms with Crippen LogP contribution in [0.25, 0.3) is 5.69 Å². The maximum absolute atomic E-state index is 12.6. The van der Waals surface area contributed by atoms with Gasteiger partial charge in [0.2, 0.25) is 5.91 Å². The number of tetrazole rings is 1. The van der Waals surface area contributed by atoms with Crippen molar-refractivity contribution in [1.82, 2.24) is 20.2 Å². The third-order valence-electron chi connectivity index (χ3n) is 5.33. The number of nitrogens with zero attached hydrogens (tertiary/aromatic N) is 4. The van der Waals surface area contributed by atoms with Crippen LogP contribution in [0.5, 0.6) is 0 Å². The number of nitrogens with one attached hydrogen (secondary N) is 1. The van der Waals surface area contributed by atoms with Gasteiger partial charge in [0.05, 0.1) is 16.6 Å². The summed E-state index contributed by atoms with van der Waals surface area (Å²) in [5, 5.41) is 24.4. The van der Waals surface area contributed by atoms with Gasteiger partial charge < -0.3 is 10.4 Å². The predicted molar refractivity (Wildman–Crippen MR) is 97.9 cm³/mol. The number of aromatic nitrogens is 4. The highest BCUT2D eigenvalue weighted by Crippen LogP contribution is 2.40. The molecule has 27 heavy (non-hydrogen) atoms. The van der Waals surface area contributed by atoms with Gasteiger partial charge in [0.1, 0.15) is 0 Å². The first kappa shape index (κ1) is 17.9. The first-order valence-corrected chi connectivity index (χ1v) is 9.52. The number of hydrogen-bond acceptors (Lipinski definition) is 5. The average Bonchev–Trinajstić information content (AvgIpc) is 3.40. The van der Waals surface area contributed by atoms with Crippen LogP contribution in [0.3, 0.4) is 0 Å². The lowest BCUT2D eigenvalue weighted by molar-refractivity contribution is -0.143. The zero-order valence-electron chi connectivity index (χ0n) is 14.6. The molecule has 2 aliphatic carbocycles. The van der Waals surface area contributed by atoms with Gasteiger partial charge in [0.25, 0.3) is 0 Å². The average molecular weight is 390 g/mol. The first-order chi connectivity index (χ1) is 13.0. The molecular weight excluding hydrogens is 370 g/mol. The lowest BCUT2D eigenvalue weighted by atomic mass is 9.81. The fourth-order valence-electron chi connectivity index (χ4n) is 3.56. The van der Waals surface area contributed by atoms with E-state index >= 15 is 0 Å². The maximum atomic E-state index is 12.6. The molecule has 1 aromatic heterocycles. The van der Waals surface area contributed by atoms with Crippen LogP contribution >= 0.6 is 11.6 Å². The minimum atomic E-state index is -0.774. The molecule has 4 rings (SSSR count). The lowest BCUT2D eigenvalue weighted by Gasteiger charge is -2.25. The Hall–Kier alpha value is -2.48. The number of carbonyl (C=O) groups excluding carboxylic acids is 1. The van der Waals surface area contributed by atoms with Gasteiger partial charge >= 0.3 is 5.97 Å². The molecule has 1 heterocycles. The summed E-state index contributed by atoms with van der Waals surface area (Å²) in [4.78, 5) is 23.6. The van der Waals surface area contributed by atoms with Crippen LogP contribution < -0.4 is 5.32 Å². The highest BCUT2D eigenvalue weighted by atomic mass is 35.5. The summed E-state index contributed by atoms with van der Waals surface area (Å²) in [6.45, 7) is 0. The van der Waals surface area contributed by atoms with E-state index in [1.807, 2.05) is 0 Å². The van der Waals surface area contributed by atoms with E-state index in [9.17, 15) is 9.59 Å². The number of aliphatic carboxylic acids is 1. The summed E-state index contributed by atoms with van der Waals surface area (Å²) in [5.41, 5.74) is 1.26. The van der Waals surface area contributed by atoms with Crippen molar-refractivity contribution in [2.75, 3.05) is 5.32 Å². The van der Waals surface area contributed by atoms with Crippen molar-refractivity contribution in [3.8, 4) is 5.69 Å². The van der Waals surface area contributed by atoms with Crippen LogP contribution in [0.1, 0.15) is 50.3 Å². The molecular formula is C18H20ClN5O3. The smallest absolute Gasteiger partial charge is 0.306 e. The summed E-state index contributed by atoms with van der Waals surface area (Å²) in [7, 11) is 0. The summed E-state index contributed by atoms with van der Waals surface area (Å²) < 4.78 is 1.63. The van der Waals surface area contributed by atoms with Crippen LogP contribution in [0, 0.1) is 11.8 Å². The van der Waals surface area contributed by atoms with Gasteiger partial charge in [-0.25, -0.2) is 0 Å². The number of hydrogen-bond donors (Lipinski definition) is 2. The fourth-order valence-corrected chi connectivity index (χ4v) is 3.76. The molecule has 0 spiro atoms. The summed E-state index contributed by atoms with van der Waals surface area (Å²) in [6.07, 6.45) is 4.37. The molecule has 1 amide bonds. The van der Waals surface area contributed by atoms with E-state index in [0.717, 1.165) is 18.7 Å². The molecule has 8 nitrogen and oxygen atoms in total. The second-order valence-corrected chi connectivity index (χ2v) is 7.67. The van der Waals surface area contributed by atoms with Crippen molar-refractivity contribution >= 4 is 29.2 Å². The first-order valence-electron chi connectivity index (χ1n) is 9.15. The van der Waals surface area contributed by atoms with Crippen LogP contribution in [0.4, 0.5) is 5.69 Å². The molecule has 2 N–H and O–H groups in total. The van der Waals surface area contributed by atoms with Gasteiger partial charge in [-0.15, -0.1) is 5.10 Å². The lowest BCUT2D eigenvalue weighted by Crippen LogP contribution is -2.29. The Morgan fingerprint density at radius 1 is 1.11 bits per heavy atom. The van der Waals surface area contributed by atoms with Crippen molar-refractivity contribution in [2.45, 2.75) is 44.4 Å². The second-order valence-electron chi connectivity index (χ2n) is 7.27. The predicted octanol–water partition coefficient (Wildman–Crippen LogP) is 3.02. The van der Waals surface area contributed by atoms with E-state index < -0.39 is 5.97 Å². The summed E-state index contributed by atoms with van der Waals surface area (Å²) in [6, 6.07) is 5.23. The number of benzene rings is 1. The minimum Gasteiger partial charge on any atom is -0.481 e. The number of amides is 1. The third kappa shape index (κ3) is 3.80. The molecule has 9 heteroatoms. The number of carboxylic acids is 1. The van der Waals surface area contributed by atoms with E-state index in [4.69, 9.17) is 16.7 Å². The zero-order chi connectivity index (χ0) is 19.0. The van der Waals surface area contributed by atoms with Crippen LogP contribution in [-0.2, 0) is 9.59 Å².